The molecule has 0 aromatic carbocycles. The van der Waals surface area contributed by atoms with Gasteiger partial charge in [-0.2, -0.15) is 0 Å². The van der Waals surface area contributed by atoms with Crippen molar-refractivity contribution in [1.82, 2.24) is 10.3 Å². The van der Waals surface area contributed by atoms with E-state index in [2.05, 4.69) is 23.3 Å². The smallest absolute Gasteiger partial charge is 0.0954 e. The molecule has 1 fully saturated rings. The second-order valence-electron chi connectivity index (χ2n) is 3.82. The van der Waals surface area contributed by atoms with Crippen molar-refractivity contribution in [3.63, 3.8) is 0 Å². The molecule has 1 aliphatic heterocycles. The number of hydrogen-bond acceptors (Lipinski definition) is 3. The average Bonchev–Trinajstić information content (AvgIpc) is 2.18. The average molecular weight is 192 g/mol. The lowest BCUT2D eigenvalue weighted by molar-refractivity contribution is -0.0287. The monoisotopic (exact) mass is 192 g/mol. The Kier molecular flexibility index (Phi) is 2.79. The molecule has 0 amide bonds. The van der Waals surface area contributed by atoms with Crippen LogP contribution in [-0.4, -0.2) is 24.2 Å². The molecule has 14 heavy (non-hydrogen) atoms. The summed E-state index contributed by atoms with van der Waals surface area (Å²) < 4.78 is 5.84. The largest absolute Gasteiger partial charge is 0.368 e. The fourth-order valence-corrected chi connectivity index (χ4v) is 1.76. The van der Waals surface area contributed by atoms with Crippen LogP contribution in [0.25, 0.3) is 0 Å². The number of aromatic nitrogens is 1. The quantitative estimate of drug-likeness (QED) is 0.731. The maximum atomic E-state index is 5.84. The van der Waals surface area contributed by atoms with E-state index in [1.165, 1.54) is 5.56 Å². The van der Waals surface area contributed by atoms with Gasteiger partial charge in [-0.3, -0.25) is 4.98 Å². The second-order valence-corrected chi connectivity index (χ2v) is 3.82. The first-order valence-electron chi connectivity index (χ1n) is 5.04. The van der Waals surface area contributed by atoms with Crippen molar-refractivity contribution in [3.8, 4) is 0 Å². The number of aryl methyl sites for hydroxylation is 1. The topological polar surface area (TPSA) is 34.1 Å². The molecule has 0 radical (unpaired) electrons. The van der Waals surface area contributed by atoms with Gasteiger partial charge >= 0.3 is 0 Å². The Morgan fingerprint density at radius 3 is 3.07 bits per heavy atom. The Hall–Kier alpha value is -0.930. The normalized spacial score (nSPS) is 27.6. The minimum Gasteiger partial charge on any atom is -0.368 e. The van der Waals surface area contributed by atoms with E-state index >= 15 is 0 Å². The molecule has 2 heterocycles. The minimum atomic E-state index is 0.181. The summed E-state index contributed by atoms with van der Waals surface area (Å²) in [7, 11) is 0. The van der Waals surface area contributed by atoms with Gasteiger partial charge in [-0.1, -0.05) is 0 Å². The maximum absolute atomic E-state index is 5.84. The lowest BCUT2D eigenvalue weighted by Crippen LogP contribution is -2.38. The Balaban J connectivity index is 2.14. The summed E-state index contributed by atoms with van der Waals surface area (Å²) >= 11 is 0. The highest BCUT2D eigenvalue weighted by atomic mass is 16.5. The van der Waals surface area contributed by atoms with Crippen LogP contribution in [-0.2, 0) is 4.74 Å². The van der Waals surface area contributed by atoms with E-state index in [0.29, 0.717) is 6.10 Å². The molecule has 0 saturated carbocycles. The third kappa shape index (κ3) is 2.11. The van der Waals surface area contributed by atoms with Crippen molar-refractivity contribution in [2.24, 2.45) is 0 Å². The molecule has 76 valence electrons. The molecule has 3 nitrogen and oxygen atoms in total. The van der Waals surface area contributed by atoms with Gasteiger partial charge in [0.25, 0.3) is 0 Å². The number of morpholine rings is 1. The zero-order valence-corrected chi connectivity index (χ0v) is 8.66. The first-order chi connectivity index (χ1) is 6.75. The van der Waals surface area contributed by atoms with Gasteiger partial charge < -0.3 is 10.1 Å². The van der Waals surface area contributed by atoms with E-state index in [1.807, 2.05) is 19.2 Å². The Bertz CT molecular complexity index is 314. The van der Waals surface area contributed by atoms with E-state index in [0.717, 1.165) is 18.8 Å². The van der Waals surface area contributed by atoms with Gasteiger partial charge in [0, 0.05) is 25.0 Å². The van der Waals surface area contributed by atoms with Crippen molar-refractivity contribution in [1.29, 1.82) is 0 Å². The van der Waals surface area contributed by atoms with Gasteiger partial charge in [-0.15, -0.1) is 0 Å². The van der Waals surface area contributed by atoms with Gasteiger partial charge in [0.15, 0.2) is 0 Å². The molecule has 0 bridgehead atoms. The molecule has 0 aliphatic carbocycles. The first-order valence-corrected chi connectivity index (χ1v) is 5.04. The Morgan fingerprint density at radius 2 is 2.36 bits per heavy atom. The molecule has 1 saturated heterocycles. The van der Waals surface area contributed by atoms with Crippen LogP contribution in [0.4, 0.5) is 0 Å². The number of ether oxygens (including phenoxy) is 1. The standard InChI is InChI=1S/C11H16N2O/c1-8-5-10(3-4-13-8)11-7-12-6-9(2)14-11/h3-5,9,11-12H,6-7H2,1-2H3. The van der Waals surface area contributed by atoms with E-state index in [9.17, 15) is 0 Å². The van der Waals surface area contributed by atoms with Crippen LogP contribution < -0.4 is 5.32 Å². The van der Waals surface area contributed by atoms with Crippen molar-refractivity contribution in [3.05, 3.63) is 29.6 Å². The third-order valence-electron chi connectivity index (χ3n) is 2.45. The second kappa shape index (κ2) is 4.07. The molecule has 1 aromatic heterocycles. The van der Waals surface area contributed by atoms with Gasteiger partial charge in [0.1, 0.15) is 0 Å². The van der Waals surface area contributed by atoms with Crippen molar-refractivity contribution >= 4 is 0 Å². The van der Waals surface area contributed by atoms with Crippen LogP contribution in [0.5, 0.6) is 0 Å². The highest BCUT2D eigenvalue weighted by Crippen LogP contribution is 2.20. The number of nitrogens with one attached hydrogen (secondary N) is 1. The molecular weight excluding hydrogens is 176 g/mol. The van der Waals surface area contributed by atoms with Crippen LogP contribution in [0.2, 0.25) is 0 Å². The predicted octanol–water partition coefficient (Wildman–Crippen LogP) is 1.44. The van der Waals surface area contributed by atoms with Gasteiger partial charge in [0.05, 0.1) is 12.2 Å². The number of pyridine rings is 1. The summed E-state index contributed by atoms with van der Waals surface area (Å²) in [6, 6.07) is 4.11. The van der Waals surface area contributed by atoms with Crippen molar-refractivity contribution < 1.29 is 4.74 Å². The van der Waals surface area contributed by atoms with Crippen LogP contribution >= 0.6 is 0 Å². The number of nitrogens with zero attached hydrogens (tertiary/aromatic N) is 1. The summed E-state index contributed by atoms with van der Waals surface area (Å²) in [5, 5.41) is 3.36. The Morgan fingerprint density at radius 1 is 1.50 bits per heavy atom. The fraction of sp³-hybridized carbons (Fsp3) is 0.545. The summed E-state index contributed by atoms with van der Waals surface area (Å²) in [4.78, 5) is 4.18. The molecule has 1 aromatic rings. The van der Waals surface area contributed by atoms with Crippen LogP contribution in [0.15, 0.2) is 18.3 Å². The van der Waals surface area contributed by atoms with Crippen molar-refractivity contribution in [2.75, 3.05) is 13.1 Å². The minimum absolute atomic E-state index is 0.181. The SMILES string of the molecule is Cc1cc(C2CNCC(C)O2)ccn1. The van der Waals surface area contributed by atoms with Crippen LogP contribution in [0, 0.1) is 6.92 Å². The lowest BCUT2D eigenvalue weighted by Gasteiger charge is -2.29. The van der Waals surface area contributed by atoms with Crippen molar-refractivity contribution in [2.45, 2.75) is 26.1 Å². The summed E-state index contributed by atoms with van der Waals surface area (Å²) in [6.07, 6.45) is 2.32. The lowest BCUT2D eigenvalue weighted by atomic mass is 10.1. The summed E-state index contributed by atoms with van der Waals surface area (Å²) in [6.45, 7) is 5.94. The molecular formula is C11H16N2O. The van der Waals surface area contributed by atoms with E-state index < -0.39 is 0 Å². The fourth-order valence-electron chi connectivity index (χ4n) is 1.76. The molecule has 0 spiro atoms. The maximum Gasteiger partial charge on any atom is 0.0954 e. The molecule has 2 rings (SSSR count). The zero-order chi connectivity index (χ0) is 9.97. The summed E-state index contributed by atoms with van der Waals surface area (Å²) in [5.74, 6) is 0. The highest BCUT2D eigenvalue weighted by molar-refractivity contribution is 5.19. The first kappa shape index (κ1) is 9.62. The summed E-state index contributed by atoms with van der Waals surface area (Å²) in [5.41, 5.74) is 2.26. The van der Waals surface area contributed by atoms with Gasteiger partial charge in [-0.05, 0) is 31.5 Å². The van der Waals surface area contributed by atoms with Crippen LogP contribution in [0.3, 0.4) is 0 Å². The molecule has 2 atom stereocenters. The zero-order valence-electron chi connectivity index (χ0n) is 8.66. The predicted molar refractivity (Wildman–Crippen MR) is 55.1 cm³/mol. The van der Waals surface area contributed by atoms with Gasteiger partial charge in [-0.25, -0.2) is 0 Å². The molecule has 3 heteroatoms. The molecule has 2 unspecified atom stereocenters. The Labute approximate surface area is 84.5 Å². The number of hydrogen-bond donors (Lipinski definition) is 1. The van der Waals surface area contributed by atoms with E-state index in [1.54, 1.807) is 0 Å². The third-order valence-corrected chi connectivity index (χ3v) is 2.45. The van der Waals surface area contributed by atoms with Crippen LogP contribution in [0.1, 0.15) is 24.3 Å². The van der Waals surface area contributed by atoms with E-state index in [4.69, 9.17) is 4.74 Å². The van der Waals surface area contributed by atoms with Gasteiger partial charge in [0.2, 0.25) is 0 Å². The highest BCUT2D eigenvalue weighted by Gasteiger charge is 2.20. The molecule has 1 aliphatic rings. The molecule has 1 N–H and O–H groups in total. The van der Waals surface area contributed by atoms with E-state index in [-0.39, 0.29) is 6.10 Å². The number of rotatable bonds is 1.